The van der Waals surface area contributed by atoms with E-state index in [9.17, 15) is 27.9 Å². The molecule has 2 heterocycles. The average Bonchev–Trinajstić information content (AvgIpc) is 2.92. The van der Waals surface area contributed by atoms with Gasteiger partial charge in [-0.05, 0) is 47.4 Å². The van der Waals surface area contributed by atoms with Crippen LogP contribution in [0.5, 0.6) is 0 Å². The van der Waals surface area contributed by atoms with E-state index in [1.807, 2.05) is 24.3 Å². The predicted molar refractivity (Wildman–Crippen MR) is 137 cm³/mol. The lowest BCUT2D eigenvalue weighted by molar-refractivity contribution is -0.904. The van der Waals surface area contributed by atoms with Gasteiger partial charge in [-0.15, -0.1) is 0 Å². The molecular formula is C27H31F3N2O7S. The van der Waals surface area contributed by atoms with Crippen molar-refractivity contribution in [2.24, 2.45) is 0 Å². The summed E-state index contributed by atoms with van der Waals surface area (Å²) in [7, 11) is 0. The number of carbonyl (C=O) groups is 2. The minimum Gasteiger partial charge on any atom is -0.547 e. The molecule has 13 heteroatoms. The van der Waals surface area contributed by atoms with Gasteiger partial charge < -0.3 is 35.2 Å². The minimum absolute atomic E-state index is 0.220. The minimum atomic E-state index is -4.35. The Morgan fingerprint density at radius 3 is 2.27 bits per heavy atom. The fraction of sp³-hybridized carbons (Fsp3) is 0.407. The van der Waals surface area contributed by atoms with E-state index in [0.29, 0.717) is 5.56 Å². The molecule has 0 radical (unpaired) electrons. The Hall–Kier alpha value is -2.94. The van der Waals surface area contributed by atoms with Crippen molar-refractivity contribution >= 4 is 29.3 Å². The number of hydrogen-bond donors (Lipinski definition) is 5. The molecule has 0 aromatic heterocycles. The molecule has 2 atom stereocenters. The number of carboxylic acid groups (broad SMARTS) is 2. The lowest BCUT2D eigenvalue weighted by Gasteiger charge is -2.31. The van der Waals surface area contributed by atoms with Crippen molar-refractivity contribution in [1.29, 1.82) is 0 Å². The van der Waals surface area contributed by atoms with Crippen LogP contribution in [0, 0.1) is 0 Å². The van der Waals surface area contributed by atoms with E-state index in [-0.39, 0.29) is 6.61 Å². The summed E-state index contributed by atoms with van der Waals surface area (Å²) in [5, 5.41) is 43.2. The van der Waals surface area contributed by atoms with Crippen molar-refractivity contribution in [2.75, 3.05) is 45.9 Å². The Morgan fingerprint density at radius 1 is 1.05 bits per heavy atom. The van der Waals surface area contributed by atoms with Gasteiger partial charge in [-0.2, -0.15) is 13.2 Å². The topological polar surface area (TPSA) is 146 Å². The quantitative estimate of drug-likeness (QED) is 0.242. The van der Waals surface area contributed by atoms with Crippen LogP contribution in [0.3, 0.4) is 0 Å². The normalized spacial score (nSPS) is 18.2. The summed E-state index contributed by atoms with van der Waals surface area (Å²) in [6.45, 7) is 5.92. The molecule has 0 spiro atoms. The number of carboxylic acids is 2. The zero-order chi connectivity index (χ0) is 29.4. The van der Waals surface area contributed by atoms with Gasteiger partial charge in [-0.1, -0.05) is 36.0 Å². The first-order valence-electron chi connectivity index (χ1n) is 12.6. The molecule has 2 aliphatic rings. The molecule has 1 fully saturated rings. The van der Waals surface area contributed by atoms with Gasteiger partial charge >= 0.3 is 12.1 Å². The molecule has 0 amide bonds. The summed E-state index contributed by atoms with van der Waals surface area (Å²) in [5.74, 6) is -3.83. The highest BCUT2D eigenvalue weighted by Crippen LogP contribution is 2.47. The SMILES string of the molecule is O=C([O-])[C@H](O)[C@@H](O)C(=O)O.OCC[NH+]1CCN(CC/C=C2/c3ccccc3Sc3ccc(C(F)(F)F)cc32)CC1. The van der Waals surface area contributed by atoms with Gasteiger partial charge in [0, 0.05) is 29.4 Å². The van der Waals surface area contributed by atoms with E-state index < -0.39 is 35.9 Å². The molecule has 9 nitrogen and oxygen atoms in total. The van der Waals surface area contributed by atoms with Crippen LogP contribution in [-0.2, 0) is 15.8 Å². The highest BCUT2D eigenvalue weighted by atomic mass is 32.2. The molecule has 0 saturated carbocycles. The Bertz CT molecular complexity index is 1200. The van der Waals surface area contributed by atoms with E-state index in [4.69, 9.17) is 20.4 Å². The summed E-state index contributed by atoms with van der Waals surface area (Å²) in [5.41, 5.74) is 1.97. The van der Waals surface area contributed by atoms with Crippen molar-refractivity contribution in [3.05, 3.63) is 65.2 Å². The lowest BCUT2D eigenvalue weighted by atomic mass is 9.94. The van der Waals surface area contributed by atoms with Gasteiger partial charge in [-0.25, -0.2) is 4.79 Å². The second kappa shape index (κ2) is 14.1. The molecule has 2 aromatic rings. The average molecular weight is 585 g/mol. The molecule has 0 aliphatic carbocycles. The number of carbonyl (C=O) groups excluding carboxylic acids is 1. The van der Waals surface area contributed by atoms with Crippen LogP contribution in [0.1, 0.15) is 23.1 Å². The first-order chi connectivity index (χ1) is 18.9. The highest BCUT2D eigenvalue weighted by Gasteiger charge is 2.32. The molecule has 0 unspecified atom stereocenters. The van der Waals surface area contributed by atoms with Crippen molar-refractivity contribution in [3.8, 4) is 0 Å². The smallest absolute Gasteiger partial charge is 0.416 e. The summed E-state index contributed by atoms with van der Waals surface area (Å²) in [6.07, 6.45) is -6.16. The van der Waals surface area contributed by atoms with Crippen LogP contribution >= 0.6 is 11.8 Å². The number of nitrogens with zero attached hydrogens (tertiary/aromatic N) is 1. The summed E-state index contributed by atoms with van der Waals surface area (Å²) in [6, 6.07) is 12.0. The Kier molecular flexibility index (Phi) is 11.1. The maximum atomic E-state index is 13.3. The number of aliphatic hydroxyl groups is 3. The van der Waals surface area contributed by atoms with Crippen molar-refractivity contribution in [2.45, 2.75) is 34.6 Å². The number of nitrogens with one attached hydrogen (secondary N) is 1. The number of rotatable bonds is 8. The van der Waals surface area contributed by atoms with Crippen molar-refractivity contribution in [3.63, 3.8) is 0 Å². The largest absolute Gasteiger partial charge is 0.547 e. The first kappa shape index (κ1) is 31.6. The van der Waals surface area contributed by atoms with E-state index in [1.165, 1.54) is 28.8 Å². The van der Waals surface area contributed by atoms with Crippen molar-refractivity contribution in [1.82, 2.24) is 4.90 Å². The van der Waals surface area contributed by atoms with Crippen LogP contribution in [0.2, 0.25) is 0 Å². The number of alkyl halides is 3. The fourth-order valence-corrected chi connectivity index (χ4v) is 5.51. The fourth-order valence-electron chi connectivity index (χ4n) is 4.42. The molecule has 40 heavy (non-hydrogen) atoms. The van der Waals surface area contributed by atoms with E-state index in [0.717, 1.165) is 66.6 Å². The van der Waals surface area contributed by atoms with Gasteiger partial charge in [0.15, 0.2) is 6.10 Å². The van der Waals surface area contributed by atoms with Crippen LogP contribution in [0.25, 0.3) is 5.57 Å². The second-order valence-electron chi connectivity index (χ2n) is 9.33. The maximum Gasteiger partial charge on any atom is 0.416 e. The third kappa shape index (κ3) is 8.29. The standard InChI is InChI=1S/C23H25F3N2OS.C4H6O6/c24-23(25,26)17-7-8-22-20(16-17)18(19-4-1-2-6-21(19)30-22)5-3-9-27-10-12-28(13-11-27)14-15-29;5-1(3(7)8)2(6)4(9)10/h1-2,4-8,16,29H,3,9-15H2;1-2,5-6H,(H,7,8)(H,9,10)/b18-5-;/t;1-,2-/m.1/s1. The number of benzene rings is 2. The molecule has 1 saturated heterocycles. The number of piperazine rings is 1. The first-order valence-corrected chi connectivity index (χ1v) is 13.4. The van der Waals surface area contributed by atoms with Gasteiger partial charge in [-0.3, -0.25) is 4.90 Å². The maximum absolute atomic E-state index is 13.3. The molecule has 2 aliphatic heterocycles. The Balaban J connectivity index is 0.000000378. The highest BCUT2D eigenvalue weighted by molar-refractivity contribution is 7.99. The molecule has 4 rings (SSSR count). The predicted octanol–water partition coefficient (Wildman–Crippen LogP) is -0.273. The van der Waals surface area contributed by atoms with Crippen LogP contribution < -0.4 is 10.0 Å². The molecule has 5 N–H and O–H groups in total. The molecular weight excluding hydrogens is 553 g/mol. The molecule has 218 valence electrons. The Labute approximate surface area is 233 Å². The van der Waals surface area contributed by atoms with Gasteiger partial charge in [0.25, 0.3) is 0 Å². The lowest BCUT2D eigenvalue weighted by Crippen LogP contribution is -3.15. The zero-order valence-corrected chi connectivity index (χ0v) is 22.2. The van der Waals surface area contributed by atoms with Crippen LogP contribution in [0.4, 0.5) is 13.2 Å². The molecule has 2 aromatic carbocycles. The number of aliphatic hydroxyl groups excluding tert-OH is 3. The van der Waals surface area contributed by atoms with E-state index >= 15 is 0 Å². The Morgan fingerprint density at radius 2 is 1.70 bits per heavy atom. The number of hydrogen-bond acceptors (Lipinski definition) is 8. The van der Waals surface area contributed by atoms with E-state index in [1.54, 1.807) is 6.07 Å². The second-order valence-corrected chi connectivity index (χ2v) is 10.4. The van der Waals surface area contributed by atoms with Crippen LogP contribution in [0.15, 0.2) is 58.3 Å². The third-order valence-electron chi connectivity index (χ3n) is 6.61. The summed E-state index contributed by atoms with van der Waals surface area (Å²) >= 11 is 1.53. The molecule has 0 bridgehead atoms. The zero-order valence-electron chi connectivity index (χ0n) is 21.4. The summed E-state index contributed by atoms with van der Waals surface area (Å²) in [4.78, 5) is 25.2. The number of quaternary nitrogens is 1. The van der Waals surface area contributed by atoms with Gasteiger partial charge in [0.05, 0.1) is 31.2 Å². The van der Waals surface area contributed by atoms with E-state index in [2.05, 4.69) is 11.0 Å². The van der Waals surface area contributed by atoms with Crippen molar-refractivity contribution < 1.29 is 53.2 Å². The van der Waals surface area contributed by atoms with Gasteiger partial charge in [0.1, 0.15) is 12.6 Å². The summed E-state index contributed by atoms with van der Waals surface area (Å²) < 4.78 is 39.9. The third-order valence-corrected chi connectivity index (χ3v) is 7.76. The number of fused-ring (bicyclic) bond motifs is 2. The number of aliphatic carboxylic acids is 2. The van der Waals surface area contributed by atoms with Crippen LogP contribution in [-0.4, -0.2) is 95.3 Å². The monoisotopic (exact) mass is 584 g/mol. The van der Waals surface area contributed by atoms with Gasteiger partial charge in [0.2, 0.25) is 0 Å². The number of halogens is 3.